The van der Waals surface area contributed by atoms with Crippen LogP contribution in [0.5, 0.6) is 5.75 Å². The first-order valence-corrected chi connectivity index (χ1v) is 5.46. The molecule has 0 saturated heterocycles. The summed E-state index contributed by atoms with van der Waals surface area (Å²) < 4.78 is 7.00. The van der Waals surface area contributed by atoms with Gasteiger partial charge in [0.25, 0.3) is 0 Å². The summed E-state index contributed by atoms with van der Waals surface area (Å²) in [5.74, 6) is -0.00988. The van der Waals surface area contributed by atoms with Gasteiger partial charge in [-0.3, -0.25) is 0 Å². The third-order valence-corrected chi connectivity index (χ3v) is 3.47. The highest BCUT2D eigenvalue weighted by atomic mass is 35.5. The number of methoxy groups -OCH3 is 1. The summed E-state index contributed by atoms with van der Waals surface area (Å²) in [5, 5.41) is 11.0. The van der Waals surface area contributed by atoms with Gasteiger partial charge in [0.1, 0.15) is 10.8 Å². The Kier molecular flexibility index (Phi) is 3.02. The zero-order valence-electron chi connectivity index (χ0n) is 8.92. The van der Waals surface area contributed by atoms with Crippen molar-refractivity contribution in [1.29, 1.82) is 0 Å². The zero-order valence-corrected chi connectivity index (χ0v) is 10.4. The quantitative estimate of drug-likeness (QED) is 0.898. The van der Waals surface area contributed by atoms with E-state index in [4.69, 9.17) is 27.9 Å². The van der Waals surface area contributed by atoms with Crippen LogP contribution in [0.15, 0.2) is 12.1 Å². The van der Waals surface area contributed by atoms with E-state index in [-0.39, 0.29) is 10.8 Å². The van der Waals surface area contributed by atoms with Crippen LogP contribution in [0, 0.1) is 0 Å². The van der Waals surface area contributed by atoms with E-state index in [1.165, 1.54) is 0 Å². The third kappa shape index (κ3) is 1.65. The first-order chi connectivity index (χ1) is 7.56. The van der Waals surface area contributed by atoms with Crippen molar-refractivity contribution in [3.05, 3.63) is 27.9 Å². The van der Waals surface area contributed by atoms with Gasteiger partial charge in [-0.1, -0.05) is 23.2 Å². The molecule has 2 rings (SSSR count). The van der Waals surface area contributed by atoms with Crippen LogP contribution in [0.2, 0.25) is 10.0 Å². The van der Waals surface area contributed by atoms with Gasteiger partial charge >= 0.3 is 0 Å². The number of rotatable bonds is 2. The molecule has 1 aromatic carbocycles. The molecule has 0 atom stereocenters. The first-order valence-electron chi connectivity index (χ1n) is 4.70. The van der Waals surface area contributed by atoms with Crippen LogP contribution >= 0.6 is 23.2 Å². The van der Waals surface area contributed by atoms with E-state index in [2.05, 4.69) is 0 Å². The Morgan fingerprint density at radius 1 is 1.31 bits per heavy atom. The number of aromatic hydroxyl groups is 1. The van der Waals surface area contributed by atoms with Gasteiger partial charge in [0.2, 0.25) is 0 Å². The van der Waals surface area contributed by atoms with Crippen molar-refractivity contribution in [2.75, 3.05) is 7.11 Å². The van der Waals surface area contributed by atoms with Crippen molar-refractivity contribution in [3.8, 4) is 5.75 Å². The smallest absolute Gasteiger partial charge is 0.137 e. The minimum Gasteiger partial charge on any atom is -0.506 e. The van der Waals surface area contributed by atoms with Gasteiger partial charge in [-0.05, 0) is 6.07 Å². The zero-order chi connectivity index (χ0) is 11.9. The Morgan fingerprint density at radius 2 is 2.00 bits per heavy atom. The molecule has 0 bridgehead atoms. The van der Waals surface area contributed by atoms with Crippen molar-refractivity contribution in [1.82, 2.24) is 4.57 Å². The Labute approximate surface area is 103 Å². The van der Waals surface area contributed by atoms with E-state index in [1.54, 1.807) is 13.2 Å². The van der Waals surface area contributed by atoms with E-state index in [9.17, 15) is 5.11 Å². The van der Waals surface area contributed by atoms with Gasteiger partial charge in [0, 0.05) is 31.3 Å². The molecular formula is C11H11Cl2NO2. The minimum atomic E-state index is -0.00988. The fraction of sp³-hybridized carbons (Fsp3) is 0.273. The average Bonchev–Trinajstić information content (AvgIpc) is 2.55. The molecule has 5 heteroatoms. The van der Waals surface area contributed by atoms with Gasteiger partial charge < -0.3 is 14.4 Å². The molecule has 2 aromatic rings. The van der Waals surface area contributed by atoms with Crippen LogP contribution in [0.25, 0.3) is 10.9 Å². The number of aromatic nitrogens is 1. The van der Waals surface area contributed by atoms with Crippen molar-refractivity contribution < 1.29 is 9.84 Å². The molecule has 1 N–H and O–H groups in total. The van der Waals surface area contributed by atoms with Crippen LogP contribution in [0.3, 0.4) is 0 Å². The number of halogens is 2. The normalized spacial score (nSPS) is 11.2. The summed E-state index contributed by atoms with van der Waals surface area (Å²) in [6.45, 7) is 0.486. The number of hydrogen-bond acceptors (Lipinski definition) is 2. The van der Waals surface area contributed by atoms with Gasteiger partial charge in [0.05, 0.1) is 17.1 Å². The van der Waals surface area contributed by atoms with Crippen molar-refractivity contribution >= 4 is 34.1 Å². The molecule has 1 aromatic heterocycles. The SMILES string of the molecule is COCc1cc2c(Cl)c(Cl)c(O)cc2n1C. The number of fused-ring (bicyclic) bond motifs is 1. The standard InChI is InChI=1S/C11H11Cl2NO2/c1-14-6(5-16-2)3-7-8(14)4-9(15)11(13)10(7)12/h3-4,15H,5H2,1-2H3. The number of benzene rings is 1. The van der Waals surface area contributed by atoms with Gasteiger partial charge in [-0.15, -0.1) is 0 Å². The Balaban J connectivity index is 2.76. The summed E-state index contributed by atoms with van der Waals surface area (Å²) in [6, 6.07) is 3.51. The molecule has 0 aliphatic rings. The lowest BCUT2D eigenvalue weighted by Gasteiger charge is -2.04. The van der Waals surface area contributed by atoms with Crippen molar-refractivity contribution in [2.24, 2.45) is 7.05 Å². The maximum atomic E-state index is 9.60. The largest absolute Gasteiger partial charge is 0.506 e. The molecule has 0 amide bonds. The molecule has 0 radical (unpaired) electrons. The number of aryl methyl sites for hydroxylation is 1. The molecule has 0 unspecified atom stereocenters. The minimum absolute atomic E-state index is 0.00988. The second-order valence-corrected chi connectivity index (χ2v) is 4.34. The summed E-state index contributed by atoms with van der Waals surface area (Å²) >= 11 is 11.9. The Hall–Kier alpha value is -0.900. The lowest BCUT2D eigenvalue weighted by molar-refractivity contribution is 0.179. The summed E-state index contributed by atoms with van der Waals surface area (Å²) in [5.41, 5.74) is 1.81. The topological polar surface area (TPSA) is 34.4 Å². The second kappa shape index (κ2) is 4.17. The third-order valence-electron chi connectivity index (χ3n) is 2.60. The molecule has 0 fully saturated rings. The van der Waals surface area contributed by atoms with Crippen molar-refractivity contribution in [2.45, 2.75) is 6.61 Å². The maximum absolute atomic E-state index is 9.60. The van der Waals surface area contributed by atoms with E-state index >= 15 is 0 Å². The Morgan fingerprint density at radius 3 is 2.62 bits per heavy atom. The van der Waals surface area contributed by atoms with Crippen LogP contribution < -0.4 is 0 Å². The van der Waals surface area contributed by atoms with E-state index in [0.29, 0.717) is 11.6 Å². The fourth-order valence-electron chi connectivity index (χ4n) is 1.73. The van der Waals surface area contributed by atoms with E-state index in [0.717, 1.165) is 16.6 Å². The number of phenols is 1. The molecular weight excluding hydrogens is 249 g/mol. The van der Waals surface area contributed by atoms with Crippen LogP contribution in [-0.2, 0) is 18.4 Å². The molecule has 0 aliphatic heterocycles. The maximum Gasteiger partial charge on any atom is 0.137 e. The predicted molar refractivity (Wildman–Crippen MR) is 65.3 cm³/mol. The van der Waals surface area contributed by atoms with Crippen LogP contribution in [0.1, 0.15) is 5.69 Å². The van der Waals surface area contributed by atoms with Gasteiger partial charge in [-0.2, -0.15) is 0 Å². The lowest BCUT2D eigenvalue weighted by atomic mass is 10.2. The molecule has 0 aliphatic carbocycles. The number of hydrogen-bond donors (Lipinski definition) is 1. The van der Waals surface area contributed by atoms with Crippen molar-refractivity contribution in [3.63, 3.8) is 0 Å². The number of phenolic OH excluding ortho intramolecular Hbond substituents is 1. The summed E-state index contributed by atoms with van der Waals surface area (Å²) in [4.78, 5) is 0. The monoisotopic (exact) mass is 259 g/mol. The van der Waals surface area contributed by atoms with Crippen LogP contribution in [-0.4, -0.2) is 16.8 Å². The average molecular weight is 260 g/mol. The lowest BCUT2D eigenvalue weighted by Crippen LogP contribution is -1.96. The number of nitrogens with zero attached hydrogens (tertiary/aromatic N) is 1. The summed E-state index contributed by atoms with van der Waals surface area (Å²) in [6.07, 6.45) is 0. The molecule has 1 heterocycles. The molecule has 0 spiro atoms. The second-order valence-electron chi connectivity index (χ2n) is 3.58. The van der Waals surface area contributed by atoms with Gasteiger partial charge in [0.15, 0.2) is 0 Å². The summed E-state index contributed by atoms with van der Waals surface area (Å²) in [7, 11) is 3.52. The predicted octanol–water partition coefficient (Wildman–Crippen LogP) is 3.34. The fourth-order valence-corrected chi connectivity index (χ4v) is 2.14. The highest BCUT2D eigenvalue weighted by Crippen LogP contribution is 2.38. The highest BCUT2D eigenvalue weighted by Gasteiger charge is 2.14. The number of ether oxygens (including phenoxy) is 1. The van der Waals surface area contributed by atoms with E-state index < -0.39 is 0 Å². The van der Waals surface area contributed by atoms with Gasteiger partial charge in [-0.25, -0.2) is 0 Å². The first kappa shape index (κ1) is 11.6. The molecule has 16 heavy (non-hydrogen) atoms. The van der Waals surface area contributed by atoms with Crippen LogP contribution in [0.4, 0.5) is 0 Å². The molecule has 3 nitrogen and oxygen atoms in total. The van der Waals surface area contributed by atoms with E-state index in [1.807, 2.05) is 17.7 Å². The molecule has 86 valence electrons. The molecule has 0 saturated carbocycles. The highest BCUT2D eigenvalue weighted by molar-refractivity contribution is 6.46. The Bertz CT molecular complexity index is 549.